The first-order chi connectivity index (χ1) is 48.0. The Bertz CT molecular complexity index is 4300. The van der Waals surface area contributed by atoms with Gasteiger partial charge in [-0.2, -0.15) is 8.62 Å². The average molecular weight is 1610 g/mol. The van der Waals surface area contributed by atoms with Crippen LogP contribution in [0.15, 0.2) is 81.4 Å². The van der Waals surface area contributed by atoms with Gasteiger partial charge in [-0.05, 0) is 104 Å². The van der Waals surface area contributed by atoms with Gasteiger partial charge in [-0.15, -0.1) is 25.3 Å². The number of amides is 2. The topological polar surface area (TPSA) is 545 Å². The van der Waals surface area contributed by atoms with Crippen molar-refractivity contribution in [3.63, 3.8) is 0 Å². The Kier molecular flexibility index (Phi) is 37.8. The Morgan fingerprint density at radius 3 is 2.24 bits per heavy atom. The van der Waals surface area contributed by atoms with Crippen LogP contribution in [-0.4, -0.2) is 178 Å². The van der Waals surface area contributed by atoms with Gasteiger partial charge < -0.3 is 79.2 Å². The lowest BCUT2D eigenvalue weighted by Gasteiger charge is -2.22. The summed E-state index contributed by atoms with van der Waals surface area (Å²) < 4.78 is 139. The largest absolute Gasteiger partial charge is 0.490 e. The Labute approximate surface area is 601 Å². The number of nitrogens with zero attached hydrogens (tertiary/aromatic N) is 1. The fraction of sp³-hybridized carbons (Fsp3) is 0.474. The highest BCUT2D eigenvalue weighted by molar-refractivity contribution is 8.77. The number of ether oxygens (including phenoxy) is 6. The number of H-pyrrole nitrogens is 1. The molecular weight excluding hydrogens is 1530 g/mol. The van der Waals surface area contributed by atoms with Crippen LogP contribution in [0, 0.1) is 11.8 Å². The van der Waals surface area contributed by atoms with E-state index in [1.54, 1.807) is 76.2 Å². The molecule has 0 bridgehead atoms. The van der Waals surface area contributed by atoms with E-state index in [-0.39, 0.29) is 53.8 Å². The number of carbonyl (C=O) groups excluding carboxylic acids is 2. The van der Waals surface area contributed by atoms with Crippen molar-refractivity contribution in [2.75, 3.05) is 89.2 Å². The molecule has 2 aliphatic heterocycles. The molecule has 45 heteroatoms. The molecule has 36 nitrogen and oxygen atoms in total. The van der Waals surface area contributed by atoms with E-state index < -0.39 is 102 Å². The van der Waals surface area contributed by atoms with Crippen molar-refractivity contribution in [3.8, 4) is 34.3 Å². The number of benzene rings is 3. The van der Waals surface area contributed by atoms with Crippen molar-refractivity contribution in [2.45, 2.75) is 88.9 Å². The molecule has 0 saturated carbocycles. The predicted octanol–water partition coefficient (Wildman–Crippen LogP) is 3.02. The van der Waals surface area contributed by atoms with Gasteiger partial charge >= 0.3 is 68.3 Å². The minimum atomic E-state index is -5.80. The molecule has 13 N–H and O–H groups in total. The van der Waals surface area contributed by atoms with E-state index in [9.17, 15) is 52.6 Å². The number of carbonyl (C=O) groups is 3. The van der Waals surface area contributed by atoms with Crippen LogP contribution in [0.3, 0.4) is 0 Å². The molecule has 564 valence electrons. The molecular formula is C57H77N7O29P3S6+. The molecule has 1 fully saturated rings. The second-order valence-electron chi connectivity index (χ2n) is 21.6. The van der Waals surface area contributed by atoms with Crippen LogP contribution in [0.5, 0.6) is 0 Å². The minimum absolute atomic E-state index is 0.0320. The first-order valence-electron chi connectivity index (χ1n) is 30.1. The lowest BCUT2D eigenvalue weighted by atomic mass is 9.89. The highest BCUT2D eigenvalue weighted by atomic mass is 33.1. The third-order valence-corrected chi connectivity index (χ3v) is 22.3. The van der Waals surface area contributed by atoms with E-state index in [1.165, 1.54) is 0 Å². The number of aromatic amines is 1. The highest BCUT2D eigenvalue weighted by Gasteiger charge is 2.44. The average Bonchev–Trinajstić information content (AvgIpc) is 0.884. The summed E-state index contributed by atoms with van der Waals surface area (Å²) in [5, 5.41) is 26.0. The molecule has 1 aromatic heterocycles. The van der Waals surface area contributed by atoms with Crippen molar-refractivity contribution < 1.29 is 129 Å². The summed E-state index contributed by atoms with van der Waals surface area (Å²) in [7, 11) is -20.6. The quantitative estimate of drug-likeness (QED) is 0.00392. The van der Waals surface area contributed by atoms with Crippen LogP contribution in [-0.2, 0) is 102 Å². The molecule has 3 aromatic rings. The van der Waals surface area contributed by atoms with Crippen molar-refractivity contribution >= 4 is 127 Å². The normalized spacial score (nSPS) is 15.7. The number of carboxylic acids is 1. The molecule has 6 atom stereocenters. The molecule has 3 unspecified atom stereocenters. The third kappa shape index (κ3) is 33.6. The van der Waals surface area contributed by atoms with Crippen LogP contribution >= 0.6 is 45.1 Å². The van der Waals surface area contributed by atoms with Gasteiger partial charge in [0.05, 0.1) is 63.3 Å². The van der Waals surface area contributed by atoms with Gasteiger partial charge in [0.25, 0.3) is 5.56 Å². The second-order valence-corrected chi connectivity index (χ2v) is 32.9. The number of phosphoric ester groups is 1. The van der Waals surface area contributed by atoms with Gasteiger partial charge in [-0.1, -0.05) is 62.5 Å². The maximum Gasteiger partial charge on any atom is 0.490 e. The summed E-state index contributed by atoms with van der Waals surface area (Å²) in [6.45, 7) is 12.1. The van der Waals surface area contributed by atoms with Crippen LogP contribution in [0.4, 0.5) is 10.5 Å². The number of hydrogen-bond acceptors (Lipinski definition) is 29. The van der Waals surface area contributed by atoms with E-state index in [0.29, 0.717) is 133 Å². The van der Waals surface area contributed by atoms with Crippen molar-refractivity contribution in [3.05, 3.63) is 110 Å². The fourth-order valence-electron chi connectivity index (χ4n) is 8.89. The van der Waals surface area contributed by atoms with Gasteiger partial charge in [-0.3, -0.25) is 29.1 Å². The maximum absolute atomic E-state index is 12.9. The molecule has 0 radical (unpaired) electrons. The minimum Gasteiger partial charge on any atom is -0.478 e. The lowest BCUT2D eigenvalue weighted by molar-refractivity contribution is -0.172. The Morgan fingerprint density at radius 2 is 1.55 bits per heavy atom. The van der Waals surface area contributed by atoms with Crippen LogP contribution in [0.25, 0.3) is 39.1 Å². The zero-order valence-electron chi connectivity index (χ0n) is 54.8. The summed E-state index contributed by atoms with van der Waals surface area (Å²) in [5.74, 6) is 5.37. The van der Waals surface area contributed by atoms with Gasteiger partial charge in [-0.25, -0.2) is 28.1 Å². The van der Waals surface area contributed by atoms with E-state index in [2.05, 4.69) is 61.8 Å². The monoisotopic (exact) mass is 1610 g/mol. The van der Waals surface area contributed by atoms with Crippen molar-refractivity contribution in [1.29, 1.82) is 0 Å². The zero-order valence-corrected chi connectivity index (χ0v) is 62.4. The number of unbranched alkanes of at least 4 members (excludes halogenated alkanes) is 2. The highest BCUT2D eigenvalue weighted by Crippen LogP contribution is 2.66. The smallest absolute Gasteiger partial charge is 0.478 e. The second kappa shape index (κ2) is 43.8. The van der Waals surface area contributed by atoms with Crippen molar-refractivity contribution in [2.24, 2.45) is 0 Å². The molecule has 3 aliphatic rings. The van der Waals surface area contributed by atoms with Gasteiger partial charge in [0, 0.05) is 90.1 Å². The molecule has 1 aliphatic carbocycles. The molecule has 1 saturated heterocycles. The number of aromatic nitrogens is 2. The van der Waals surface area contributed by atoms with E-state index in [1.807, 2.05) is 6.92 Å². The number of aromatic carboxylic acids is 1. The number of nitrogens with two attached hydrogens (primary N) is 2. The third-order valence-electron chi connectivity index (χ3n) is 13.5. The van der Waals surface area contributed by atoms with Crippen LogP contribution in [0.1, 0.15) is 93.4 Å². The van der Waals surface area contributed by atoms with Crippen LogP contribution < -0.4 is 43.7 Å². The Hall–Kier alpha value is -6.36. The number of carboxylic acid groups (broad SMARTS) is 1. The number of nitrogen functional groups attached to an aromatic ring is 1. The molecule has 6 rings (SSSR count). The number of rotatable bonds is 40. The van der Waals surface area contributed by atoms with Crippen LogP contribution in [0.2, 0.25) is 0 Å². The molecule has 2 amide bonds. The summed E-state index contributed by atoms with van der Waals surface area (Å²) >= 11 is 5.32. The molecule has 2 aromatic carbocycles. The molecule has 102 heavy (non-hydrogen) atoms. The number of anilines is 1. The Balaban J connectivity index is 0.00000261. The number of hydrogen-bond donors (Lipinski definition) is 11. The number of fused-ring (bicyclic) bond motifs is 2. The van der Waals surface area contributed by atoms with Gasteiger partial charge in [0.2, 0.25) is 0 Å². The van der Waals surface area contributed by atoms with E-state index >= 15 is 0 Å². The first-order valence-corrected chi connectivity index (χ1v) is 41.5. The number of phosphoric acid groups is 3. The zero-order chi connectivity index (χ0) is 75.8. The summed E-state index contributed by atoms with van der Waals surface area (Å²) in [5.41, 5.74) is 8.29. The first kappa shape index (κ1) is 88.0. The SMILES string of the molecule is C=C(NCCOCCOCCCC(=O)OCCC(C)(C)SSCOCCCCCNC(=O)NCC#Cc1cn([C@H]2C[C@@H](OCS(=S)CC)[C@@H](COP(=O)(O)OP(=O)(O)OP(=O)(O)O)O2)c(=O)[nH]c1=O)c1ccc(C(=O)O)c(-c2c3ccc(=[NH2+])cc-3oc3cc(N)ccc23)c1.O=S(=O)=O.O=S(=O)=O. The van der Waals surface area contributed by atoms with E-state index in [0.717, 1.165) is 23.6 Å². The standard InChI is InChI=1S/C57H76N7O23P3S4.2O3S/c1-5-94(91)36-82-48-32-50(85-49(48)34-83-89(74,75)87-90(76,77)86-88(71,72)73)64-33-39(53(66)63-56(64)70)11-9-21-62-55(69)61-20-7-6-8-23-80-35-92-93-57(3,4)19-25-81-51(65)12-10-24-78-27-28-79-26-22-60-37(2)38-13-16-42(54(67)68)45(29-38)52-43-17-14-40(58)30-46(43)84-47-31-41(59)15-18-44(47)52;2*1-4(2)3/h13-18,29-31,33,48-50,58,60H,2,5-8,10,12,19-28,32,34-36,59H2,1,3-4H3,(H,67,68)(H,74,75)(H,76,77)(H2,61,62,69)(H,63,66,70)(H2,71,72,73);;/p+1/t48-,49-,50-,94?;;/m1../s1. The predicted molar refractivity (Wildman–Crippen MR) is 374 cm³/mol. The molecule has 0 spiro atoms. The number of nitrogens with one attached hydrogen (secondary N) is 4. The number of urea groups is 1. The fourth-order valence-corrected chi connectivity index (χ4v) is 14.9. The van der Waals surface area contributed by atoms with Gasteiger partial charge in [0.1, 0.15) is 35.2 Å². The molecule has 3 heterocycles. The summed E-state index contributed by atoms with van der Waals surface area (Å²) in [6.07, 6.45) is 1.18. The van der Waals surface area contributed by atoms with E-state index in [4.69, 9.17) is 94.7 Å². The Morgan fingerprint density at radius 1 is 0.853 bits per heavy atom. The van der Waals surface area contributed by atoms with Crippen molar-refractivity contribution in [1.82, 2.24) is 25.5 Å². The lowest BCUT2D eigenvalue weighted by Crippen LogP contribution is -2.44. The summed E-state index contributed by atoms with van der Waals surface area (Å²) in [4.78, 5) is 102. The van der Waals surface area contributed by atoms with Gasteiger partial charge in [0.15, 0.2) is 5.36 Å². The maximum atomic E-state index is 12.9. The number of esters is 1. The summed E-state index contributed by atoms with van der Waals surface area (Å²) in [6, 6.07) is 15.0.